The molecule has 0 aliphatic rings. The fourth-order valence-electron chi connectivity index (χ4n) is 0.938. The summed E-state index contributed by atoms with van der Waals surface area (Å²) in [5, 5.41) is 0. The number of aryl methyl sites for hydroxylation is 1. The second-order valence-electron chi connectivity index (χ2n) is 2.13. The fraction of sp³-hybridized carbons (Fsp3) is 0.375. The standard InChI is InChI=1S/C8H11NO2.ClH/c1-6-8(11-3)7(10-2)4-5-9-6;/h4-5H,1-3H3;1H. The van der Waals surface area contributed by atoms with Crippen LogP contribution in [0.1, 0.15) is 5.69 Å². The maximum Gasteiger partial charge on any atom is 0.182 e. The molecule has 0 amide bonds. The fourth-order valence-corrected chi connectivity index (χ4v) is 0.938. The average molecular weight is 190 g/mol. The summed E-state index contributed by atoms with van der Waals surface area (Å²) in [6.45, 7) is 1.88. The number of aromatic nitrogens is 1. The number of hydrogen-bond donors (Lipinski definition) is 0. The van der Waals surface area contributed by atoms with Gasteiger partial charge in [0.2, 0.25) is 0 Å². The van der Waals surface area contributed by atoms with Crippen LogP contribution in [0.5, 0.6) is 11.5 Å². The Balaban J connectivity index is 0.00000121. The van der Waals surface area contributed by atoms with Crippen molar-refractivity contribution in [3.63, 3.8) is 0 Å². The van der Waals surface area contributed by atoms with Gasteiger partial charge >= 0.3 is 0 Å². The van der Waals surface area contributed by atoms with Crippen molar-refractivity contribution in [2.45, 2.75) is 6.92 Å². The molecule has 1 aromatic heterocycles. The molecule has 4 heteroatoms. The monoisotopic (exact) mass is 189 g/mol. The van der Waals surface area contributed by atoms with Gasteiger partial charge in [-0.3, -0.25) is 4.98 Å². The van der Waals surface area contributed by atoms with Gasteiger partial charge in [-0.1, -0.05) is 0 Å². The number of methoxy groups -OCH3 is 2. The summed E-state index contributed by atoms with van der Waals surface area (Å²) < 4.78 is 10.1. The van der Waals surface area contributed by atoms with Crippen LogP contribution in [0.4, 0.5) is 0 Å². The molecule has 0 aliphatic heterocycles. The van der Waals surface area contributed by atoms with Crippen molar-refractivity contribution < 1.29 is 9.47 Å². The van der Waals surface area contributed by atoms with E-state index < -0.39 is 0 Å². The summed E-state index contributed by atoms with van der Waals surface area (Å²) in [5.74, 6) is 1.43. The van der Waals surface area contributed by atoms with Crippen LogP contribution in [-0.4, -0.2) is 19.2 Å². The Morgan fingerprint density at radius 3 is 2.33 bits per heavy atom. The lowest BCUT2D eigenvalue weighted by molar-refractivity contribution is 0.351. The van der Waals surface area contributed by atoms with Crippen LogP contribution in [0.15, 0.2) is 12.3 Å². The molecule has 0 aromatic carbocycles. The van der Waals surface area contributed by atoms with Crippen molar-refractivity contribution in [3.8, 4) is 11.5 Å². The van der Waals surface area contributed by atoms with Gasteiger partial charge in [-0.05, 0) is 6.92 Å². The van der Waals surface area contributed by atoms with Gasteiger partial charge in [0.25, 0.3) is 0 Å². The largest absolute Gasteiger partial charge is 0.493 e. The highest BCUT2D eigenvalue weighted by Crippen LogP contribution is 2.27. The molecule has 0 saturated carbocycles. The molecular formula is C8H12ClNO2. The summed E-state index contributed by atoms with van der Waals surface area (Å²) in [6, 6.07) is 1.77. The van der Waals surface area contributed by atoms with Crippen LogP contribution in [0.25, 0.3) is 0 Å². The summed E-state index contributed by atoms with van der Waals surface area (Å²) in [6.07, 6.45) is 1.69. The van der Waals surface area contributed by atoms with E-state index in [2.05, 4.69) is 4.98 Å². The van der Waals surface area contributed by atoms with Gasteiger partial charge in [-0.25, -0.2) is 0 Å². The molecule has 0 bridgehead atoms. The first-order valence-electron chi connectivity index (χ1n) is 3.33. The van der Waals surface area contributed by atoms with Crippen molar-refractivity contribution in [3.05, 3.63) is 18.0 Å². The molecule has 1 rings (SSSR count). The molecule has 0 radical (unpaired) electrons. The number of nitrogens with zero attached hydrogens (tertiary/aromatic N) is 1. The molecular weight excluding hydrogens is 178 g/mol. The van der Waals surface area contributed by atoms with Gasteiger partial charge < -0.3 is 9.47 Å². The third-order valence-electron chi connectivity index (χ3n) is 1.47. The predicted octanol–water partition coefficient (Wildman–Crippen LogP) is 1.83. The van der Waals surface area contributed by atoms with Crippen LogP contribution >= 0.6 is 12.4 Å². The third-order valence-corrected chi connectivity index (χ3v) is 1.47. The SMILES string of the molecule is COc1ccnc(C)c1OC.Cl. The van der Waals surface area contributed by atoms with Crippen LogP contribution in [0, 0.1) is 6.92 Å². The number of hydrogen-bond acceptors (Lipinski definition) is 3. The quantitative estimate of drug-likeness (QED) is 0.712. The number of rotatable bonds is 2. The summed E-state index contributed by atoms with van der Waals surface area (Å²) in [5.41, 5.74) is 0.840. The topological polar surface area (TPSA) is 31.4 Å². The second kappa shape index (κ2) is 4.83. The zero-order valence-corrected chi connectivity index (χ0v) is 8.14. The molecule has 0 aliphatic carbocycles. The van der Waals surface area contributed by atoms with Crippen molar-refractivity contribution in [1.29, 1.82) is 0 Å². The highest BCUT2D eigenvalue weighted by Gasteiger charge is 2.05. The number of ether oxygens (including phenoxy) is 2. The van der Waals surface area contributed by atoms with E-state index in [0.29, 0.717) is 5.75 Å². The zero-order chi connectivity index (χ0) is 8.27. The Bertz CT molecular complexity index is 253. The molecule has 1 aromatic rings. The third kappa shape index (κ3) is 2.01. The first kappa shape index (κ1) is 11.0. The summed E-state index contributed by atoms with van der Waals surface area (Å²) in [7, 11) is 3.21. The van der Waals surface area contributed by atoms with Gasteiger partial charge in [0.15, 0.2) is 11.5 Å². The molecule has 0 unspecified atom stereocenters. The van der Waals surface area contributed by atoms with Crippen molar-refractivity contribution in [2.75, 3.05) is 14.2 Å². The number of pyridine rings is 1. The molecule has 0 saturated heterocycles. The van der Waals surface area contributed by atoms with Crippen LogP contribution in [-0.2, 0) is 0 Å². The lowest BCUT2D eigenvalue weighted by Gasteiger charge is -2.07. The Morgan fingerprint density at radius 2 is 1.92 bits per heavy atom. The average Bonchev–Trinajstić information content (AvgIpc) is 2.04. The molecule has 0 atom stereocenters. The minimum atomic E-state index is 0. The molecule has 3 nitrogen and oxygen atoms in total. The van der Waals surface area contributed by atoms with Gasteiger partial charge in [-0.15, -0.1) is 12.4 Å². The van der Waals surface area contributed by atoms with E-state index in [9.17, 15) is 0 Å². The lowest BCUT2D eigenvalue weighted by Crippen LogP contribution is -1.94. The molecule has 12 heavy (non-hydrogen) atoms. The summed E-state index contributed by atoms with van der Waals surface area (Å²) >= 11 is 0. The minimum Gasteiger partial charge on any atom is -0.493 e. The van der Waals surface area contributed by atoms with E-state index in [-0.39, 0.29) is 12.4 Å². The first-order valence-corrected chi connectivity index (χ1v) is 3.33. The predicted molar refractivity (Wildman–Crippen MR) is 49.3 cm³/mol. The molecule has 0 spiro atoms. The Labute approximate surface area is 78.1 Å². The molecule has 1 heterocycles. The lowest BCUT2D eigenvalue weighted by atomic mass is 10.3. The van der Waals surface area contributed by atoms with Crippen LogP contribution in [0.2, 0.25) is 0 Å². The van der Waals surface area contributed by atoms with Gasteiger partial charge in [-0.2, -0.15) is 0 Å². The van der Waals surface area contributed by atoms with Crippen molar-refractivity contribution in [1.82, 2.24) is 4.98 Å². The molecule has 0 N–H and O–H groups in total. The molecule has 0 fully saturated rings. The maximum atomic E-state index is 5.08. The highest BCUT2D eigenvalue weighted by atomic mass is 35.5. The first-order chi connectivity index (χ1) is 5.29. The Kier molecular flexibility index (Phi) is 4.44. The smallest absolute Gasteiger partial charge is 0.182 e. The van der Waals surface area contributed by atoms with Crippen molar-refractivity contribution in [2.24, 2.45) is 0 Å². The number of halogens is 1. The minimum absolute atomic E-state index is 0. The van der Waals surface area contributed by atoms with Crippen molar-refractivity contribution >= 4 is 12.4 Å². The summed E-state index contributed by atoms with van der Waals surface area (Å²) in [4.78, 5) is 4.05. The second-order valence-corrected chi connectivity index (χ2v) is 2.13. The van der Waals surface area contributed by atoms with E-state index in [1.165, 1.54) is 0 Å². The maximum absolute atomic E-state index is 5.08. The highest BCUT2D eigenvalue weighted by molar-refractivity contribution is 5.85. The molecule has 68 valence electrons. The van der Waals surface area contributed by atoms with Gasteiger partial charge in [0.1, 0.15) is 0 Å². The normalized spacial score (nSPS) is 8.58. The zero-order valence-electron chi connectivity index (χ0n) is 7.33. The van der Waals surface area contributed by atoms with E-state index in [4.69, 9.17) is 9.47 Å². The van der Waals surface area contributed by atoms with E-state index in [1.54, 1.807) is 26.5 Å². The van der Waals surface area contributed by atoms with Crippen LogP contribution in [0.3, 0.4) is 0 Å². The van der Waals surface area contributed by atoms with Gasteiger partial charge in [0.05, 0.1) is 19.9 Å². The van der Waals surface area contributed by atoms with E-state index in [1.807, 2.05) is 6.92 Å². The van der Waals surface area contributed by atoms with E-state index in [0.717, 1.165) is 11.4 Å². The Hall–Kier alpha value is -0.960. The van der Waals surface area contributed by atoms with Gasteiger partial charge in [0, 0.05) is 12.3 Å². The Morgan fingerprint density at radius 1 is 1.25 bits per heavy atom. The van der Waals surface area contributed by atoms with Crippen LogP contribution < -0.4 is 9.47 Å². The van der Waals surface area contributed by atoms with E-state index >= 15 is 0 Å².